The maximum absolute atomic E-state index is 4.46. The fourth-order valence-electron chi connectivity index (χ4n) is 1.46. The number of hydrogen-bond donors (Lipinski definition) is 1. The van der Waals surface area contributed by atoms with Crippen LogP contribution in [0.2, 0.25) is 0 Å². The van der Waals surface area contributed by atoms with Gasteiger partial charge in [-0.2, -0.15) is 4.37 Å². The maximum Gasteiger partial charge on any atom is 0.202 e. The zero-order valence-electron chi connectivity index (χ0n) is 10.7. The van der Waals surface area contributed by atoms with Crippen molar-refractivity contribution in [3.63, 3.8) is 0 Å². The van der Waals surface area contributed by atoms with Crippen molar-refractivity contribution in [1.82, 2.24) is 14.3 Å². The third-order valence-corrected chi connectivity index (χ3v) is 3.11. The second-order valence-electron chi connectivity index (χ2n) is 4.09. The molecule has 1 N–H and O–H groups in total. The molecule has 0 aromatic carbocycles. The van der Waals surface area contributed by atoms with Crippen LogP contribution in [0.3, 0.4) is 0 Å². The molecule has 16 heavy (non-hydrogen) atoms. The molecule has 0 aliphatic carbocycles. The van der Waals surface area contributed by atoms with E-state index in [2.05, 4.69) is 47.3 Å². The molecule has 92 valence electrons. The molecular weight excluding hydrogens is 220 g/mol. The minimum Gasteiger partial charge on any atom is -0.358 e. The van der Waals surface area contributed by atoms with Crippen LogP contribution in [0.1, 0.15) is 33.5 Å². The van der Waals surface area contributed by atoms with Gasteiger partial charge in [0.1, 0.15) is 5.82 Å². The molecule has 0 aliphatic heterocycles. The molecule has 0 fully saturated rings. The number of nitrogens with one attached hydrogen (secondary N) is 1. The smallest absolute Gasteiger partial charge is 0.202 e. The van der Waals surface area contributed by atoms with Crippen LogP contribution in [0.5, 0.6) is 0 Å². The summed E-state index contributed by atoms with van der Waals surface area (Å²) in [6.07, 6.45) is 0.942. The zero-order valence-corrected chi connectivity index (χ0v) is 11.5. The summed E-state index contributed by atoms with van der Waals surface area (Å²) in [6.45, 7) is 11.8. The van der Waals surface area contributed by atoms with E-state index in [0.717, 1.165) is 37.0 Å². The van der Waals surface area contributed by atoms with Crippen LogP contribution < -0.4 is 5.32 Å². The highest BCUT2D eigenvalue weighted by atomic mass is 32.1. The molecule has 0 amide bonds. The molecule has 1 aromatic heterocycles. The Hall–Kier alpha value is -0.680. The molecule has 0 atom stereocenters. The standard InChI is InChI=1S/C11H22N4S/c1-5-15(6-2)8-7-10-13-11(16-14-10)12-9(3)4/h9H,5-8H2,1-4H3,(H,12,13,14). The molecule has 0 spiro atoms. The lowest BCUT2D eigenvalue weighted by molar-refractivity contribution is 0.306. The number of nitrogens with zero attached hydrogens (tertiary/aromatic N) is 3. The zero-order chi connectivity index (χ0) is 12.0. The third-order valence-electron chi connectivity index (χ3n) is 2.43. The summed E-state index contributed by atoms with van der Waals surface area (Å²) in [4.78, 5) is 6.85. The molecular formula is C11H22N4S. The van der Waals surface area contributed by atoms with E-state index in [-0.39, 0.29) is 0 Å². The third kappa shape index (κ3) is 4.45. The van der Waals surface area contributed by atoms with Gasteiger partial charge in [-0.25, -0.2) is 4.98 Å². The van der Waals surface area contributed by atoms with E-state index in [1.165, 1.54) is 11.5 Å². The Morgan fingerprint density at radius 1 is 1.31 bits per heavy atom. The van der Waals surface area contributed by atoms with Crippen LogP contribution in [0.4, 0.5) is 5.13 Å². The second kappa shape index (κ2) is 6.81. The molecule has 0 bridgehead atoms. The molecule has 1 aromatic rings. The Kier molecular flexibility index (Phi) is 5.69. The summed E-state index contributed by atoms with van der Waals surface area (Å²) >= 11 is 1.45. The predicted octanol–water partition coefficient (Wildman–Crippen LogP) is 2.24. The molecule has 4 nitrogen and oxygen atoms in total. The van der Waals surface area contributed by atoms with Gasteiger partial charge in [0, 0.05) is 30.5 Å². The van der Waals surface area contributed by atoms with Crippen molar-refractivity contribution in [3.05, 3.63) is 5.82 Å². The van der Waals surface area contributed by atoms with Gasteiger partial charge in [-0.15, -0.1) is 0 Å². The Labute approximate surface area is 102 Å². The van der Waals surface area contributed by atoms with Crippen molar-refractivity contribution in [1.29, 1.82) is 0 Å². The van der Waals surface area contributed by atoms with Gasteiger partial charge < -0.3 is 10.2 Å². The average Bonchev–Trinajstić information content (AvgIpc) is 2.66. The summed E-state index contributed by atoms with van der Waals surface area (Å²) in [5, 5.41) is 4.21. The first-order valence-corrected chi connectivity index (χ1v) is 6.74. The average molecular weight is 242 g/mol. The largest absolute Gasteiger partial charge is 0.358 e. The van der Waals surface area contributed by atoms with E-state index < -0.39 is 0 Å². The molecule has 1 rings (SSSR count). The van der Waals surface area contributed by atoms with Crippen molar-refractivity contribution in [3.8, 4) is 0 Å². The Morgan fingerprint density at radius 2 is 2.00 bits per heavy atom. The second-order valence-corrected chi connectivity index (χ2v) is 4.84. The van der Waals surface area contributed by atoms with Crippen LogP contribution in [0, 0.1) is 0 Å². The summed E-state index contributed by atoms with van der Waals surface area (Å²) in [5.74, 6) is 0.958. The van der Waals surface area contributed by atoms with E-state index in [1.54, 1.807) is 0 Å². The van der Waals surface area contributed by atoms with Crippen molar-refractivity contribution >= 4 is 16.7 Å². The van der Waals surface area contributed by atoms with E-state index >= 15 is 0 Å². The summed E-state index contributed by atoms with van der Waals surface area (Å²) < 4.78 is 4.35. The number of anilines is 1. The van der Waals surface area contributed by atoms with Crippen LogP contribution in [0.25, 0.3) is 0 Å². The van der Waals surface area contributed by atoms with Crippen molar-refractivity contribution in [2.24, 2.45) is 0 Å². The van der Waals surface area contributed by atoms with Gasteiger partial charge in [-0.1, -0.05) is 13.8 Å². The monoisotopic (exact) mass is 242 g/mol. The van der Waals surface area contributed by atoms with E-state index in [4.69, 9.17) is 0 Å². The minimum absolute atomic E-state index is 0.420. The lowest BCUT2D eigenvalue weighted by atomic mass is 10.3. The molecule has 0 saturated carbocycles. The van der Waals surface area contributed by atoms with Crippen molar-refractivity contribution < 1.29 is 0 Å². The highest BCUT2D eigenvalue weighted by Crippen LogP contribution is 2.12. The van der Waals surface area contributed by atoms with Gasteiger partial charge in [-0.05, 0) is 26.9 Å². The van der Waals surface area contributed by atoms with E-state index in [9.17, 15) is 0 Å². The van der Waals surface area contributed by atoms with Gasteiger partial charge in [0.2, 0.25) is 5.13 Å². The number of hydrogen-bond acceptors (Lipinski definition) is 5. The molecule has 5 heteroatoms. The van der Waals surface area contributed by atoms with Gasteiger partial charge in [-0.3, -0.25) is 0 Å². The molecule has 0 radical (unpaired) electrons. The quantitative estimate of drug-likeness (QED) is 0.796. The lowest BCUT2D eigenvalue weighted by Gasteiger charge is -2.16. The van der Waals surface area contributed by atoms with Gasteiger partial charge >= 0.3 is 0 Å². The number of likely N-dealkylation sites (N-methyl/N-ethyl adjacent to an activating group) is 1. The van der Waals surface area contributed by atoms with Gasteiger partial charge in [0.25, 0.3) is 0 Å². The van der Waals surface area contributed by atoms with E-state index in [1.807, 2.05) is 0 Å². The van der Waals surface area contributed by atoms with Gasteiger partial charge in [0.05, 0.1) is 0 Å². The SMILES string of the molecule is CCN(CC)CCc1nsc(NC(C)C)n1. The Bertz CT molecular complexity index is 294. The molecule has 0 aliphatic rings. The topological polar surface area (TPSA) is 41.1 Å². The van der Waals surface area contributed by atoms with Crippen molar-refractivity contribution in [2.45, 2.75) is 40.2 Å². The first-order valence-electron chi connectivity index (χ1n) is 5.97. The molecule has 0 unspecified atom stereocenters. The van der Waals surface area contributed by atoms with Crippen LogP contribution in [-0.4, -0.2) is 39.9 Å². The summed E-state index contributed by atoms with van der Waals surface area (Å²) in [7, 11) is 0. The van der Waals surface area contributed by atoms with Crippen LogP contribution in [0.15, 0.2) is 0 Å². The normalized spacial score (nSPS) is 11.4. The van der Waals surface area contributed by atoms with Gasteiger partial charge in [0.15, 0.2) is 0 Å². The number of rotatable bonds is 7. The Morgan fingerprint density at radius 3 is 2.56 bits per heavy atom. The fraction of sp³-hybridized carbons (Fsp3) is 0.818. The first-order chi connectivity index (χ1) is 7.65. The van der Waals surface area contributed by atoms with Crippen LogP contribution >= 0.6 is 11.5 Å². The first kappa shape index (κ1) is 13.4. The Balaban J connectivity index is 2.39. The highest BCUT2D eigenvalue weighted by Gasteiger charge is 2.06. The van der Waals surface area contributed by atoms with Crippen molar-refractivity contribution in [2.75, 3.05) is 25.0 Å². The fourth-order valence-corrected chi connectivity index (χ4v) is 2.22. The number of aromatic nitrogens is 2. The van der Waals surface area contributed by atoms with E-state index in [0.29, 0.717) is 6.04 Å². The predicted molar refractivity (Wildman–Crippen MR) is 70.2 cm³/mol. The molecule has 1 heterocycles. The summed E-state index contributed by atoms with van der Waals surface area (Å²) in [5.41, 5.74) is 0. The maximum atomic E-state index is 4.46. The highest BCUT2D eigenvalue weighted by molar-refractivity contribution is 7.09. The minimum atomic E-state index is 0.420. The molecule has 0 saturated heterocycles. The van der Waals surface area contributed by atoms with Crippen LogP contribution in [-0.2, 0) is 6.42 Å². The summed E-state index contributed by atoms with van der Waals surface area (Å²) in [6, 6.07) is 0.420. The lowest BCUT2D eigenvalue weighted by Crippen LogP contribution is -2.25.